The van der Waals surface area contributed by atoms with Crippen LogP contribution in [-0.4, -0.2) is 63.5 Å². The summed E-state index contributed by atoms with van der Waals surface area (Å²) in [5.74, 6) is 1.48. The van der Waals surface area contributed by atoms with Crippen molar-refractivity contribution in [1.29, 1.82) is 0 Å². The summed E-state index contributed by atoms with van der Waals surface area (Å²) in [5, 5.41) is 2.84. The molecule has 0 radical (unpaired) electrons. The van der Waals surface area contributed by atoms with E-state index >= 15 is 0 Å². The minimum Gasteiger partial charge on any atom is -0.376 e. The molecule has 0 bridgehead atoms. The van der Waals surface area contributed by atoms with Crippen molar-refractivity contribution in [2.45, 2.75) is 77.5 Å². The standard InChI is InChI=1S/C19H37N3O4S/c1-5-20-19(23)22-12-6-7-17(21-27(4,24)25)18(22)13-26-16-10-8-15(9-11-16)14(2)3/h14-18,21H,5-13H2,1-4H3,(H,20,23)/t15?,16?,17-,18+/m0/s1. The minimum atomic E-state index is -3.34. The van der Waals surface area contributed by atoms with E-state index in [9.17, 15) is 13.2 Å². The number of amides is 2. The first-order chi connectivity index (χ1) is 12.7. The van der Waals surface area contributed by atoms with E-state index in [1.54, 1.807) is 4.90 Å². The highest BCUT2D eigenvalue weighted by atomic mass is 32.2. The van der Waals surface area contributed by atoms with Crippen LogP contribution in [0.25, 0.3) is 0 Å². The number of urea groups is 1. The van der Waals surface area contributed by atoms with Gasteiger partial charge in [-0.15, -0.1) is 0 Å². The molecule has 2 N–H and O–H groups in total. The van der Waals surface area contributed by atoms with Crippen LogP contribution in [-0.2, 0) is 14.8 Å². The molecule has 2 amide bonds. The van der Waals surface area contributed by atoms with Crippen LogP contribution in [0.1, 0.15) is 59.3 Å². The molecule has 7 nitrogen and oxygen atoms in total. The Morgan fingerprint density at radius 1 is 1.19 bits per heavy atom. The van der Waals surface area contributed by atoms with Crippen LogP contribution in [0, 0.1) is 11.8 Å². The molecule has 0 spiro atoms. The summed E-state index contributed by atoms with van der Waals surface area (Å²) in [5.41, 5.74) is 0. The van der Waals surface area contributed by atoms with Gasteiger partial charge in [0.1, 0.15) is 0 Å². The smallest absolute Gasteiger partial charge is 0.317 e. The molecule has 1 saturated carbocycles. The lowest BCUT2D eigenvalue weighted by atomic mass is 9.80. The molecule has 27 heavy (non-hydrogen) atoms. The van der Waals surface area contributed by atoms with E-state index in [2.05, 4.69) is 23.9 Å². The second-order valence-corrected chi connectivity index (χ2v) is 10.1. The summed E-state index contributed by atoms with van der Waals surface area (Å²) in [4.78, 5) is 14.2. The molecule has 0 unspecified atom stereocenters. The number of hydrogen-bond acceptors (Lipinski definition) is 4. The molecule has 0 aromatic heterocycles. The van der Waals surface area contributed by atoms with Gasteiger partial charge in [-0.3, -0.25) is 0 Å². The van der Waals surface area contributed by atoms with Crippen LogP contribution in [0.5, 0.6) is 0 Å². The van der Waals surface area contributed by atoms with E-state index in [1.165, 1.54) is 19.1 Å². The van der Waals surface area contributed by atoms with Gasteiger partial charge in [0.25, 0.3) is 0 Å². The highest BCUT2D eigenvalue weighted by Gasteiger charge is 2.36. The zero-order valence-corrected chi connectivity index (χ0v) is 18.1. The molecule has 2 aliphatic rings. The van der Waals surface area contributed by atoms with Crippen molar-refractivity contribution in [3.8, 4) is 0 Å². The van der Waals surface area contributed by atoms with Crippen molar-refractivity contribution < 1.29 is 17.9 Å². The average molecular weight is 404 g/mol. The van der Waals surface area contributed by atoms with E-state index < -0.39 is 10.0 Å². The summed E-state index contributed by atoms with van der Waals surface area (Å²) in [6, 6.07) is -0.721. The van der Waals surface area contributed by atoms with Gasteiger partial charge in [-0.05, 0) is 57.3 Å². The van der Waals surface area contributed by atoms with Crippen LogP contribution in [0.3, 0.4) is 0 Å². The number of likely N-dealkylation sites (tertiary alicyclic amines) is 1. The second-order valence-electron chi connectivity index (χ2n) is 8.35. The van der Waals surface area contributed by atoms with Gasteiger partial charge in [-0.1, -0.05) is 13.8 Å². The zero-order valence-electron chi connectivity index (χ0n) is 17.2. The van der Waals surface area contributed by atoms with Crippen molar-refractivity contribution in [2.24, 2.45) is 11.8 Å². The Morgan fingerprint density at radius 3 is 2.41 bits per heavy atom. The van der Waals surface area contributed by atoms with Gasteiger partial charge in [0.15, 0.2) is 0 Å². The number of sulfonamides is 1. The van der Waals surface area contributed by atoms with Crippen LogP contribution in [0.2, 0.25) is 0 Å². The SMILES string of the molecule is CCNC(=O)N1CCC[C@H](NS(C)(=O)=O)[C@H]1COC1CCC(C(C)C)CC1. The van der Waals surface area contributed by atoms with Crippen LogP contribution in [0.4, 0.5) is 4.79 Å². The second kappa shape index (κ2) is 10.1. The maximum absolute atomic E-state index is 12.5. The predicted molar refractivity (Wildman–Crippen MR) is 107 cm³/mol. The lowest BCUT2D eigenvalue weighted by Gasteiger charge is -2.42. The predicted octanol–water partition coefficient (Wildman–Crippen LogP) is 2.33. The van der Waals surface area contributed by atoms with E-state index in [-0.39, 0.29) is 24.2 Å². The van der Waals surface area contributed by atoms with Gasteiger partial charge in [0, 0.05) is 19.1 Å². The highest BCUT2D eigenvalue weighted by molar-refractivity contribution is 7.88. The van der Waals surface area contributed by atoms with Crippen molar-refractivity contribution in [3.63, 3.8) is 0 Å². The number of ether oxygens (including phenoxy) is 1. The summed E-state index contributed by atoms with van der Waals surface area (Å²) < 4.78 is 32.5. The van der Waals surface area contributed by atoms with Crippen molar-refractivity contribution in [3.05, 3.63) is 0 Å². The molecular formula is C19H37N3O4S. The third kappa shape index (κ3) is 6.91. The zero-order chi connectivity index (χ0) is 20.0. The molecule has 1 heterocycles. The summed E-state index contributed by atoms with van der Waals surface area (Å²) in [7, 11) is -3.34. The first-order valence-electron chi connectivity index (χ1n) is 10.3. The summed E-state index contributed by atoms with van der Waals surface area (Å²) >= 11 is 0. The van der Waals surface area contributed by atoms with Crippen molar-refractivity contribution in [1.82, 2.24) is 14.9 Å². The Kier molecular flexibility index (Phi) is 8.37. The van der Waals surface area contributed by atoms with E-state index in [0.29, 0.717) is 25.6 Å². The quantitative estimate of drug-likeness (QED) is 0.683. The van der Waals surface area contributed by atoms with E-state index in [1.807, 2.05) is 6.92 Å². The van der Waals surface area contributed by atoms with Crippen LogP contribution < -0.4 is 10.0 Å². The molecule has 8 heteroatoms. The molecule has 2 atom stereocenters. The van der Waals surface area contributed by atoms with Gasteiger partial charge in [-0.2, -0.15) is 0 Å². The lowest BCUT2D eigenvalue weighted by molar-refractivity contribution is -0.0240. The topological polar surface area (TPSA) is 87.7 Å². The molecule has 0 aromatic rings. The van der Waals surface area contributed by atoms with E-state index in [0.717, 1.165) is 31.6 Å². The normalized spacial score (nSPS) is 29.7. The molecular weight excluding hydrogens is 366 g/mol. The minimum absolute atomic E-state index is 0.144. The molecule has 1 saturated heterocycles. The van der Waals surface area contributed by atoms with Gasteiger partial charge in [0.2, 0.25) is 10.0 Å². The Balaban J connectivity index is 2.00. The maximum Gasteiger partial charge on any atom is 0.317 e. The van der Waals surface area contributed by atoms with Crippen molar-refractivity contribution in [2.75, 3.05) is 26.0 Å². The molecule has 0 aromatic carbocycles. The highest BCUT2D eigenvalue weighted by Crippen LogP contribution is 2.31. The number of piperidine rings is 1. The van der Waals surface area contributed by atoms with Gasteiger partial charge in [0.05, 0.1) is 25.0 Å². The Labute approximate surface area is 164 Å². The number of hydrogen-bond donors (Lipinski definition) is 2. The fourth-order valence-electron chi connectivity index (χ4n) is 4.34. The van der Waals surface area contributed by atoms with Crippen molar-refractivity contribution >= 4 is 16.1 Å². The number of carbonyl (C=O) groups is 1. The van der Waals surface area contributed by atoms with Crippen LogP contribution in [0.15, 0.2) is 0 Å². The first kappa shape index (κ1) is 22.4. The monoisotopic (exact) mass is 403 g/mol. The number of nitrogens with zero attached hydrogens (tertiary/aromatic N) is 1. The molecule has 2 rings (SSSR count). The molecule has 1 aliphatic carbocycles. The Hall–Kier alpha value is -0.860. The average Bonchev–Trinajstić information content (AvgIpc) is 2.59. The summed E-state index contributed by atoms with van der Waals surface area (Å²) in [6.45, 7) is 7.99. The fraction of sp³-hybridized carbons (Fsp3) is 0.947. The third-order valence-corrected chi connectivity index (χ3v) is 6.63. The molecule has 2 fully saturated rings. The first-order valence-corrected chi connectivity index (χ1v) is 12.2. The number of rotatable bonds is 7. The van der Waals surface area contributed by atoms with Crippen LogP contribution >= 0.6 is 0 Å². The summed E-state index contributed by atoms with van der Waals surface area (Å²) in [6.07, 6.45) is 7.32. The Morgan fingerprint density at radius 2 is 1.85 bits per heavy atom. The number of carbonyl (C=O) groups excluding carboxylic acids is 1. The Bertz CT molecular complexity index is 574. The van der Waals surface area contributed by atoms with Gasteiger partial charge >= 0.3 is 6.03 Å². The van der Waals surface area contributed by atoms with Gasteiger partial charge < -0.3 is 15.0 Å². The number of nitrogens with one attached hydrogen (secondary N) is 2. The largest absolute Gasteiger partial charge is 0.376 e. The lowest BCUT2D eigenvalue weighted by Crippen LogP contribution is -2.60. The van der Waals surface area contributed by atoms with E-state index in [4.69, 9.17) is 4.74 Å². The van der Waals surface area contributed by atoms with Gasteiger partial charge in [-0.25, -0.2) is 17.9 Å². The molecule has 1 aliphatic heterocycles. The maximum atomic E-state index is 12.5. The third-order valence-electron chi connectivity index (χ3n) is 5.90. The fourth-order valence-corrected chi connectivity index (χ4v) is 5.16. The molecule has 158 valence electrons.